The number of carbonyl (C=O) groups excluding carboxylic acids is 1. The summed E-state index contributed by atoms with van der Waals surface area (Å²) in [6.07, 6.45) is 2.47. The van der Waals surface area contributed by atoms with E-state index in [-0.39, 0.29) is 11.7 Å². The SMILES string of the molecule is O=C(CSc1nnc(CN2CCCC2)o1)NCc1cccs1. The fraction of sp³-hybridized carbons (Fsp3) is 0.500. The number of thiophene rings is 1. The predicted molar refractivity (Wildman–Crippen MR) is 85.7 cm³/mol. The second-order valence-electron chi connectivity index (χ2n) is 5.09. The van der Waals surface area contributed by atoms with Gasteiger partial charge in [0.25, 0.3) is 5.22 Å². The van der Waals surface area contributed by atoms with Gasteiger partial charge in [0.05, 0.1) is 18.8 Å². The maximum Gasteiger partial charge on any atom is 0.277 e. The first kappa shape index (κ1) is 15.5. The molecule has 0 radical (unpaired) electrons. The minimum Gasteiger partial charge on any atom is -0.415 e. The van der Waals surface area contributed by atoms with Crippen LogP contribution >= 0.6 is 23.1 Å². The van der Waals surface area contributed by atoms with Crippen molar-refractivity contribution >= 4 is 29.0 Å². The first-order chi connectivity index (χ1) is 10.8. The van der Waals surface area contributed by atoms with Crippen molar-refractivity contribution in [3.63, 3.8) is 0 Å². The Labute approximate surface area is 137 Å². The summed E-state index contributed by atoms with van der Waals surface area (Å²) < 4.78 is 5.57. The van der Waals surface area contributed by atoms with Crippen molar-refractivity contribution in [2.24, 2.45) is 0 Å². The molecule has 1 amide bonds. The second kappa shape index (κ2) is 7.75. The molecule has 0 atom stereocenters. The van der Waals surface area contributed by atoms with E-state index >= 15 is 0 Å². The van der Waals surface area contributed by atoms with Crippen molar-refractivity contribution < 1.29 is 9.21 Å². The van der Waals surface area contributed by atoms with Gasteiger partial charge < -0.3 is 9.73 Å². The molecule has 1 fully saturated rings. The Hall–Kier alpha value is -1.38. The molecular formula is C14H18N4O2S2. The van der Waals surface area contributed by atoms with Crippen LogP contribution in [0.15, 0.2) is 27.2 Å². The molecule has 1 saturated heterocycles. The number of carbonyl (C=O) groups is 1. The Kier molecular flexibility index (Phi) is 5.47. The molecule has 0 aromatic carbocycles. The molecule has 6 nitrogen and oxygen atoms in total. The van der Waals surface area contributed by atoms with Crippen LogP contribution in [0.1, 0.15) is 23.6 Å². The van der Waals surface area contributed by atoms with Crippen LogP contribution in [-0.2, 0) is 17.9 Å². The van der Waals surface area contributed by atoms with Crippen molar-refractivity contribution in [2.75, 3.05) is 18.8 Å². The minimum atomic E-state index is -0.0299. The van der Waals surface area contributed by atoms with Crippen LogP contribution in [0.3, 0.4) is 0 Å². The Balaban J connectivity index is 1.39. The van der Waals surface area contributed by atoms with Crippen molar-refractivity contribution in [3.8, 4) is 0 Å². The van der Waals surface area contributed by atoms with Crippen LogP contribution in [-0.4, -0.2) is 39.8 Å². The number of nitrogens with one attached hydrogen (secondary N) is 1. The highest BCUT2D eigenvalue weighted by molar-refractivity contribution is 7.99. The molecule has 2 aromatic heterocycles. The molecule has 8 heteroatoms. The van der Waals surface area contributed by atoms with Gasteiger partial charge in [-0.3, -0.25) is 9.69 Å². The Bertz CT molecular complexity index is 594. The highest BCUT2D eigenvalue weighted by atomic mass is 32.2. The van der Waals surface area contributed by atoms with Gasteiger partial charge in [0.2, 0.25) is 11.8 Å². The van der Waals surface area contributed by atoms with Gasteiger partial charge in [-0.05, 0) is 37.4 Å². The largest absolute Gasteiger partial charge is 0.415 e. The van der Waals surface area contributed by atoms with Crippen LogP contribution < -0.4 is 5.32 Å². The molecule has 0 spiro atoms. The molecular weight excluding hydrogens is 320 g/mol. The lowest BCUT2D eigenvalue weighted by Crippen LogP contribution is -2.24. The van der Waals surface area contributed by atoms with E-state index in [1.54, 1.807) is 11.3 Å². The molecule has 0 unspecified atom stereocenters. The molecule has 118 valence electrons. The van der Waals surface area contributed by atoms with E-state index < -0.39 is 0 Å². The summed E-state index contributed by atoms with van der Waals surface area (Å²) in [6.45, 7) is 3.46. The quantitative estimate of drug-likeness (QED) is 0.780. The molecule has 1 aliphatic heterocycles. The summed E-state index contributed by atoms with van der Waals surface area (Å²) in [6, 6.07) is 3.97. The normalized spacial score (nSPS) is 15.3. The Morgan fingerprint density at radius 3 is 3.05 bits per heavy atom. The van der Waals surface area contributed by atoms with Gasteiger partial charge in [0.15, 0.2) is 0 Å². The number of hydrogen-bond donors (Lipinski definition) is 1. The van der Waals surface area contributed by atoms with E-state index in [1.807, 2.05) is 17.5 Å². The zero-order valence-electron chi connectivity index (χ0n) is 12.2. The highest BCUT2D eigenvalue weighted by Crippen LogP contribution is 2.18. The number of nitrogens with zero attached hydrogens (tertiary/aromatic N) is 3. The Morgan fingerprint density at radius 2 is 2.27 bits per heavy atom. The van der Waals surface area contributed by atoms with Crippen molar-refractivity contribution in [1.82, 2.24) is 20.4 Å². The van der Waals surface area contributed by atoms with Crippen LogP contribution in [0, 0.1) is 0 Å². The highest BCUT2D eigenvalue weighted by Gasteiger charge is 2.16. The predicted octanol–water partition coefficient (Wildman–Crippen LogP) is 2.14. The van der Waals surface area contributed by atoms with Crippen molar-refractivity contribution in [3.05, 3.63) is 28.3 Å². The molecule has 3 heterocycles. The van der Waals surface area contributed by atoms with Crippen LogP contribution in [0.25, 0.3) is 0 Å². The number of likely N-dealkylation sites (tertiary alicyclic amines) is 1. The monoisotopic (exact) mass is 338 g/mol. The summed E-state index contributed by atoms with van der Waals surface area (Å²) >= 11 is 2.91. The smallest absolute Gasteiger partial charge is 0.277 e. The Morgan fingerprint density at radius 1 is 1.41 bits per heavy atom. The third-order valence-electron chi connectivity index (χ3n) is 3.37. The molecule has 22 heavy (non-hydrogen) atoms. The minimum absolute atomic E-state index is 0.0299. The molecule has 2 aromatic rings. The summed E-state index contributed by atoms with van der Waals surface area (Å²) in [4.78, 5) is 15.2. The molecule has 1 N–H and O–H groups in total. The fourth-order valence-electron chi connectivity index (χ4n) is 2.27. The van der Waals surface area contributed by atoms with Gasteiger partial charge in [0.1, 0.15) is 0 Å². The average Bonchev–Trinajstić information content (AvgIpc) is 3.26. The molecule has 1 aliphatic rings. The summed E-state index contributed by atoms with van der Waals surface area (Å²) in [5.74, 6) is 0.887. The lowest BCUT2D eigenvalue weighted by Gasteiger charge is -2.10. The zero-order valence-corrected chi connectivity index (χ0v) is 13.8. The van der Waals surface area contributed by atoms with Crippen LogP contribution in [0.5, 0.6) is 0 Å². The van der Waals surface area contributed by atoms with E-state index in [0.717, 1.165) is 18.0 Å². The van der Waals surface area contributed by atoms with E-state index in [2.05, 4.69) is 20.4 Å². The van der Waals surface area contributed by atoms with Gasteiger partial charge >= 0.3 is 0 Å². The van der Waals surface area contributed by atoms with Crippen LogP contribution in [0.2, 0.25) is 0 Å². The molecule has 3 rings (SSSR count). The van der Waals surface area contributed by atoms with E-state index in [0.29, 0.717) is 24.2 Å². The lowest BCUT2D eigenvalue weighted by molar-refractivity contribution is -0.118. The standard InChI is InChI=1S/C14H18N4O2S2/c19-12(15-8-11-4-3-7-21-11)10-22-14-17-16-13(20-14)9-18-5-1-2-6-18/h3-4,7H,1-2,5-6,8-10H2,(H,15,19). The maximum atomic E-state index is 11.8. The zero-order chi connectivity index (χ0) is 15.2. The summed E-state index contributed by atoms with van der Waals surface area (Å²) in [5, 5.41) is 13.3. The van der Waals surface area contributed by atoms with Gasteiger partial charge in [-0.25, -0.2) is 0 Å². The van der Waals surface area contributed by atoms with Gasteiger partial charge in [-0.15, -0.1) is 21.5 Å². The topological polar surface area (TPSA) is 71.3 Å². The lowest BCUT2D eigenvalue weighted by atomic mass is 10.4. The van der Waals surface area contributed by atoms with E-state index in [9.17, 15) is 4.79 Å². The third kappa shape index (κ3) is 4.56. The number of hydrogen-bond acceptors (Lipinski definition) is 7. The number of thioether (sulfide) groups is 1. The first-order valence-corrected chi connectivity index (χ1v) is 9.13. The van der Waals surface area contributed by atoms with Gasteiger partial charge in [-0.1, -0.05) is 17.8 Å². The average molecular weight is 338 g/mol. The third-order valence-corrected chi connectivity index (χ3v) is 5.07. The first-order valence-electron chi connectivity index (χ1n) is 7.26. The summed E-state index contributed by atoms with van der Waals surface area (Å²) in [7, 11) is 0. The fourth-order valence-corrected chi connectivity index (χ4v) is 3.52. The second-order valence-corrected chi connectivity index (χ2v) is 7.05. The van der Waals surface area contributed by atoms with Crippen molar-refractivity contribution in [2.45, 2.75) is 31.2 Å². The van der Waals surface area contributed by atoms with Crippen LogP contribution in [0.4, 0.5) is 0 Å². The molecule has 0 saturated carbocycles. The molecule has 0 aliphatic carbocycles. The molecule has 0 bridgehead atoms. The van der Waals surface area contributed by atoms with Gasteiger partial charge in [0, 0.05) is 4.88 Å². The number of aromatic nitrogens is 2. The maximum absolute atomic E-state index is 11.8. The van der Waals surface area contributed by atoms with E-state index in [1.165, 1.54) is 24.6 Å². The van der Waals surface area contributed by atoms with Gasteiger partial charge in [-0.2, -0.15) is 0 Å². The van der Waals surface area contributed by atoms with E-state index in [4.69, 9.17) is 4.42 Å². The number of rotatable bonds is 7. The van der Waals surface area contributed by atoms with Crippen molar-refractivity contribution in [1.29, 1.82) is 0 Å². The number of amides is 1. The summed E-state index contributed by atoms with van der Waals surface area (Å²) in [5.41, 5.74) is 0.